The molecule has 0 aliphatic heterocycles. The average molecular weight is 215 g/mol. The summed E-state index contributed by atoms with van der Waals surface area (Å²) >= 11 is 0. The van der Waals surface area contributed by atoms with Crippen LogP contribution in [0.1, 0.15) is 5.69 Å². The highest BCUT2D eigenvalue weighted by Crippen LogP contribution is 1.93. The normalized spacial score (nSPS) is 11.6. The molecule has 2 aromatic rings. The first kappa shape index (κ1) is 10.4. The van der Waals surface area contributed by atoms with Crippen LogP contribution < -0.4 is 5.73 Å². The number of nitrogens with two attached hydrogens (primary N) is 1. The van der Waals surface area contributed by atoms with Crippen molar-refractivity contribution in [1.29, 1.82) is 0 Å². The minimum absolute atomic E-state index is 0.473. The van der Waals surface area contributed by atoms with Crippen LogP contribution in [0.4, 0.5) is 0 Å². The van der Waals surface area contributed by atoms with E-state index in [1.54, 1.807) is 18.7 Å². The maximum atomic E-state index is 5.80. The zero-order valence-electron chi connectivity index (χ0n) is 8.82. The third-order valence-corrected chi connectivity index (χ3v) is 2.13. The third kappa shape index (κ3) is 2.66. The Balaban J connectivity index is 1.93. The lowest BCUT2D eigenvalue weighted by Gasteiger charge is -2.00. The maximum Gasteiger partial charge on any atom is 0.144 e. The molecular weight excluding hydrogens is 202 g/mol. The maximum absolute atomic E-state index is 5.80. The van der Waals surface area contributed by atoms with Gasteiger partial charge in [-0.2, -0.15) is 0 Å². The molecule has 0 amide bonds. The van der Waals surface area contributed by atoms with Crippen molar-refractivity contribution in [2.24, 2.45) is 10.7 Å². The molecule has 5 heteroatoms. The molecule has 0 atom stereocenters. The van der Waals surface area contributed by atoms with Gasteiger partial charge in [0.2, 0.25) is 0 Å². The van der Waals surface area contributed by atoms with E-state index in [9.17, 15) is 0 Å². The van der Waals surface area contributed by atoms with Crippen LogP contribution in [0.5, 0.6) is 0 Å². The highest BCUT2D eigenvalue weighted by Gasteiger charge is 1.97. The Morgan fingerprint density at radius 3 is 3.00 bits per heavy atom. The van der Waals surface area contributed by atoms with Crippen molar-refractivity contribution in [3.05, 3.63) is 48.8 Å². The van der Waals surface area contributed by atoms with E-state index >= 15 is 0 Å². The van der Waals surface area contributed by atoms with Crippen molar-refractivity contribution < 1.29 is 0 Å². The molecule has 0 saturated heterocycles. The van der Waals surface area contributed by atoms with Gasteiger partial charge in [-0.15, -0.1) is 0 Å². The Bertz CT molecular complexity index is 446. The first-order valence-electron chi connectivity index (χ1n) is 5.03. The Morgan fingerprint density at radius 2 is 2.31 bits per heavy atom. The average Bonchev–Trinajstić information content (AvgIpc) is 2.83. The van der Waals surface area contributed by atoms with E-state index in [4.69, 9.17) is 5.73 Å². The fourth-order valence-electron chi connectivity index (χ4n) is 1.30. The third-order valence-electron chi connectivity index (χ3n) is 2.13. The summed E-state index contributed by atoms with van der Waals surface area (Å²) in [5.74, 6) is 0.473. The van der Waals surface area contributed by atoms with Crippen LogP contribution in [0.25, 0.3) is 0 Å². The van der Waals surface area contributed by atoms with E-state index < -0.39 is 0 Å². The molecule has 0 spiro atoms. The number of nitrogens with zero attached hydrogens (tertiary/aromatic N) is 4. The second-order valence-electron chi connectivity index (χ2n) is 3.28. The smallest absolute Gasteiger partial charge is 0.144 e. The summed E-state index contributed by atoms with van der Waals surface area (Å²) in [4.78, 5) is 12.3. The summed E-state index contributed by atoms with van der Waals surface area (Å²) in [7, 11) is 0. The predicted molar refractivity (Wildman–Crippen MR) is 62.1 cm³/mol. The number of aliphatic imine (C=N–C) groups is 1. The first-order chi connectivity index (χ1) is 7.86. The monoisotopic (exact) mass is 215 g/mol. The van der Waals surface area contributed by atoms with E-state index in [0.717, 1.165) is 6.54 Å². The molecule has 2 heterocycles. The number of imidazole rings is 1. The molecule has 5 nitrogen and oxygen atoms in total. The number of amidine groups is 1. The van der Waals surface area contributed by atoms with Crippen molar-refractivity contribution in [1.82, 2.24) is 14.5 Å². The minimum atomic E-state index is 0.473. The fraction of sp³-hybridized carbons (Fsp3) is 0.182. The molecule has 0 aliphatic carbocycles. The summed E-state index contributed by atoms with van der Waals surface area (Å²) in [5.41, 5.74) is 6.51. The first-order valence-corrected chi connectivity index (χ1v) is 5.03. The lowest BCUT2D eigenvalue weighted by Crippen LogP contribution is -2.16. The second-order valence-corrected chi connectivity index (χ2v) is 3.28. The molecule has 0 saturated carbocycles. The summed E-state index contributed by atoms with van der Waals surface area (Å²) in [5, 5.41) is 0. The van der Waals surface area contributed by atoms with Gasteiger partial charge in [-0.3, -0.25) is 9.98 Å². The fourth-order valence-corrected chi connectivity index (χ4v) is 1.30. The summed E-state index contributed by atoms with van der Waals surface area (Å²) < 4.78 is 1.95. The Hall–Kier alpha value is -2.17. The van der Waals surface area contributed by atoms with Gasteiger partial charge in [0.25, 0.3) is 0 Å². The van der Waals surface area contributed by atoms with Crippen LogP contribution in [0.3, 0.4) is 0 Å². The molecule has 2 rings (SSSR count). The highest BCUT2D eigenvalue weighted by molar-refractivity contribution is 5.95. The predicted octanol–water partition coefficient (Wildman–Crippen LogP) is 0.684. The van der Waals surface area contributed by atoms with Gasteiger partial charge in [-0.05, 0) is 12.1 Å². The van der Waals surface area contributed by atoms with Crippen LogP contribution in [0, 0.1) is 0 Å². The number of aromatic nitrogens is 3. The minimum Gasteiger partial charge on any atom is -0.382 e. The zero-order valence-corrected chi connectivity index (χ0v) is 8.82. The van der Waals surface area contributed by atoms with Gasteiger partial charge in [0.05, 0.1) is 12.9 Å². The lowest BCUT2D eigenvalue weighted by atomic mass is 10.3. The van der Waals surface area contributed by atoms with Crippen LogP contribution in [-0.2, 0) is 6.54 Å². The van der Waals surface area contributed by atoms with E-state index in [1.807, 2.05) is 29.0 Å². The van der Waals surface area contributed by atoms with Gasteiger partial charge < -0.3 is 10.3 Å². The summed E-state index contributed by atoms with van der Waals surface area (Å²) in [6.07, 6.45) is 7.10. The molecule has 2 aromatic heterocycles. The molecule has 2 N–H and O–H groups in total. The topological polar surface area (TPSA) is 69.1 Å². The van der Waals surface area contributed by atoms with Gasteiger partial charge >= 0.3 is 0 Å². The van der Waals surface area contributed by atoms with Gasteiger partial charge in [0, 0.05) is 25.1 Å². The molecular formula is C11H13N5. The van der Waals surface area contributed by atoms with Crippen molar-refractivity contribution in [3.8, 4) is 0 Å². The Labute approximate surface area is 93.7 Å². The largest absolute Gasteiger partial charge is 0.382 e. The van der Waals surface area contributed by atoms with E-state index in [0.29, 0.717) is 18.1 Å². The van der Waals surface area contributed by atoms with Crippen molar-refractivity contribution in [3.63, 3.8) is 0 Å². The summed E-state index contributed by atoms with van der Waals surface area (Å²) in [6.45, 7) is 1.40. The molecule has 0 aliphatic rings. The standard InChI is InChI=1S/C11H13N5/c12-11(10-3-1-2-4-14-10)15-6-8-16-7-5-13-9-16/h1-5,7,9H,6,8H2,(H2,12,15). The van der Waals surface area contributed by atoms with Gasteiger partial charge in [0.1, 0.15) is 11.5 Å². The van der Waals surface area contributed by atoms with E-state index in [1.165, 1.54) is 0 Å². The molecule has 0 fully saturated rings. The number of hydrogen-bond donors (Lipinski definition) is 1. The van der Waals surface area contributed by atoms with E-state index in [-0.39, 0.29) is 0 Å². The van der Waals surface area contributed by atoms with Gasteiger partial charge in [0.15, 0.2) is 0 Å². The van der Waals surface area contributed by atoms with Gasteiger partial charge in [-0.1, -0.05) is 6.07 Å². The Morgan fingerprint density at radius 1 is 1.38 bits per heavy atom. The lowest BCUT2D eigenvalue weighted by molar-refractivity contribution is 0.708. The SMILES string of the molecule is NC(=NCCn1ccnc1)c1ccccn1. The van der Waals surface area contributed by atoms with Crippen LogP contribution in [0.2, 0.25) is 0 Å². The van der Waals surface area contributed by atoms with Gasteiger partial charge in [-0.25, -0.2) is 4.98 Å². The molecule has 0 aromatic carbocycles. The Kier molecular flexibility index (Phi) is 3.28. The van der Waals surface area contributed by atoms with Crippen molar-refractivity contribution >= 4 is 5.84 Å². The second kappa shape index (κ2) is 5.06. The van der Waals surface area contributed by atoms with E-state index in [2.05, 4.69) is 15.0 Å². The molecule has 82 valence electrons. The number of hydrogen-bond acceptors (Lipinski definition) is 3. The molecule has 0 radical (unpaired) electrons. The zero-order chi connectivity index (χ0) is 11.2. The number of pyridine rings is 1. The van der Waals surface area contributed by atoms with Crippen LogP contribution in [-0.4, -0.2) is 26.9 Å². The van der Waals surface area contributed by atoms with Crippen molar-refractivity contribution in [2.45, 2.75) is 6.54 Å². The summed E-state index contributed by atoms with van der Waals surface area (Å²) in [6, 6.07) is 5.58. The van der Waals surface area contributed by atoms with Crippen LogP contribution >= 0.6 is 0 Å². The number of rotatable bonds is 4. The quantitative estimate of drug-likeness (QED) is 0.602. The van der Waals surface area contributed by atoms with Crippen LogP contribution in [0.15, 0.2) is 48.1 Å². The molecule has 0 unspecified atom stereocenters. The van der Waals surface area contributed by atoms with Crippen molar-refractivity contribution in [2.75, 3.05) is 6.54 Å². The molecule has 16 heavy (non-hydrogen) atoms. The molecule has 0 bridgehead atoms. The highest BCUT2D eigenvalue weighted by atomic mass is 15.0.